The van der Waals surface area contributed by atoms with Crippen molar-refractivity contribution < 1.29 is 9.59 Å². The van der Waals surface area contributed by atoms with Gasteiger partial charge in [0.25, 0.3) is 0 Å². The predicted molar refractivity (Wildman–Crippen MR) is 128 cm³/mol. The van der Waals surface area contributed by atoms with Crippen molar-refractivity contribution in [3.05, 3.63) is 82.0 Å². The van der Waals surface area contributed by atoms with Crippen LogP contribution in [0.5, 0.6) is 0 Å². The summed E-state index contributed by atoms with van der Waals surface area (Å²) in [6, 6.07) is 15.8. The van der Waals surface area contributed by atoms with Gasteiger partial charge in [0.1, 0.15) is 11.1 Å². The molecule has 8 heteroatoms. The predicted octanol–water partition coefficient (Wildman–Crippen LogP) is 3.90. The minimum Gasteiger partial charge on any atom is -0.338 e. The number of amides is 3. The molecule has 7 nitrogen and oxygen atoms in total. The highest BCUT2D eigenvalue weighted by molar-refractivity contribution is 7.16. The van der Waals surface area contributed by atoms with Gasteiger partial charge in [-0.05, 0) is 42.0 Å². The molecular formula is C25H25N5O2S. The fraction of sp³-hybridized carbons (Fsp3) is 0.280. The summed E-state index contributed by atoms with van der Waals surface area (Å²) < 4.78 is 0. The second-order valence-electron chi connectivity index (χ2n) is 7.87. The third-order valence-electron chi connectivity index (χ3n) is 5.61. The van der Waals surface area contributed by atoms with Gasteiger partial charge in [-0.1, -0.05) is 36.4 Å². The lowest BCUT2D eigenvalue weighted by molar-refractivity contribution is -0.116. The quantitative estimate of drug-likeness (QED) is 0.560. The summed E-state index contributed by atoms with van der Waals surface area (Å²) in [7, 11) is 0. The maximum absolute atomic E-state index is 12.6. The van der Waals surface area contributed by atoms with Crippen LogP contribution < -0.4 is 10.6 Å². The molecule has 3 aromatic rings. The van der Waals surface area contributed by atoms with E-state index in [2.05, 4.69) is 21.7 Å². The van der Waals surface area contributed by atoms with E-state index in [9.17, 15) is 14.9 Å². The number of rotatable bonds is 7. The number of hydrogen-bond donors (Lipinski definition) is 2. The number of aryl methyl sites for hydroxylation is 1. The molecule has 0 unspecified atom stereocenters. The molecule has 33 heavy (non-hydrogen) atoms. The van der Waals surface area contributed by atoms with Gasteiger partial charge in [-0.25, -0.2) is 4.79 Å². The number of thiophene rings is 1. The van der Waals surface area contributed by atoms with E-state index < -0.39 is 0 Å². The van der Waals surface area contributed by atoms with E-state index >= 15 is 0 Å². The zero-order chi connectivity index (χ0) is 23.0. The van der Waals surface area contributed by atoms with Gasteiger partial charge in [-0.15, -0.1) is 11.3 Å². The third-order valence-corrected chi connectivity index (χ3v) is 6.74. The molecule has 1 aromatic carbocycles. The Labute approximate surface area is 197 Å². The van der Waals surface area contributed by atoms with E-state index in [-0.39, 0.29) is 11.9 Å². The molecule has 0 atom stereocenters. The molecule has 3 amide bonds. The Bertz CT molecular complexity index is 1150. The van der Waals surface area contributed by atoms with Gasteiger partial charge in [0.2, 0.25) is 5.91 Å². The number of urea groups is 1. The van der Waals surface area contributed by atoms with Gasteiger partial charge in [0.05, 0.1) is 12.1 Å². The zero-order valence-electron chi connectivity index (χ0n) is 18.2. The number of hydrogen-bond acceptors (Lipinski definition) is 5. The van der Waals surface area contributed by atoms with Gasteiger partial charge < -0.3 is 15.5 Å². The monoisotopic (exact) mass is 459 g/mol. The molecule has 0 aliphatic carbocycles. The Hall–Kier alpha value is -3.70. The van der Waals surface area contributed by atoms with Crippen LogP contribution in [0.25, 0.3) is 0 Å². The lowest BCUT2D eigenvalue weighted by atomic mass is 10.0. The summed E-state index contributed by atoms with van der Waals surface area (Å²) in [4.78, 5) is 31.9. The molecule has 3 heterocycles. The van der Waals surface area contributed by atoms with Gasteiger partial charge in [-0.3, -0.25) is 9.78 Å². The minimum absolute atomic E-state index is 0.112. The van der Waals surface area contributed by atoms with Gasteiger partial charge in [-0.2, -0.15) is 5.26 Å². The summed E-state index contributed by atoms with van der Waals surface area (Å²) in [5.41, 5.74) is 3.65. The molecule has 0 saturated heterocycles. The van der Waals surface area contributed by atoms with Crippen molar-refractivity contribution in [1.82, 2.24) is 15.2 Å². The van der Waals surface area contributed by atoms with Crippen LogP contribution in [-0.4, -0.2) is 34.9 Å². The van der Waals surface area contributed by atoms with Crippen molar-refractivity contribution in [1.29, 1.82) is 5.26 Å². The molecule has 0 bridgehead atoms. The van der Waals surface area contributed by atoms with Crippen LogP contribution in [0.15, 0.2) is 54.9 Å². The molecule has 1 aliphatic rings. The SMILES string of the molecule is N#Cc1c(NC(=O)CCc2ccccc2)sc2c1CCN(C(=O)NCCc1cccnc1)C2. The van der Waals surface area contributed by atoms with Gasteiger partial charge >= 0.3 is 6.03 Å². The van der Waals surface area contributed by atoms with Crippen LogP contribution in [0.2, 0.25) is 0 Å². The van der Waals surface area contributed by atoms with Crippen LogP contribution in [-0.2, 0) is 30.6 Å². The number of anilines is 1. The van der Waals surface area contributed by atoms with Crippen molar-refractivity contribution in [2.45, 2.75) is 32.2 Å². The standard InChI is InChI=1S/C25H25N5O2S/c26-15-21-20-11-14-30(25(32)28-13-10-19-7-4-12-27-16-19)17-22(20)33-24(21)29-23(31)9-8-18-5-2-1-3-6-18/h1-7,12,16H,8-11,13-14,17H2,(H,28,32)(H,29,31). The summed E-state index contributed by atoms with van der Waals surface area (Å²) >= 11 is 1.39. The van der Waals surface area contributed by atoms with Gasteiger partial charge in [0, 0.05) is 36.8 Å². The topological polar surface area (TPSA) is 98.1 Å². The molecule has 0 spiro atoms. The number of nitriles is 1. The maximum atomic E-state index is 12.6. The van der Waals surface area contributed by atoms with E-state index in [1.165, 1.54) is 11.3 Å². The lowest BCUT2D eigenvalue weighted by Gasteiger charge is -2.27. The highest BCUT2D eigenvalue weighted by atomic mass is 32.1. The first-order valence-corrected chi connectivity index (χ1v) is 11.8. The van der Waals surface area contributed by atoms with E-state index in [1.807, 2.05) is 42.5 Å². The summed E-state index contributed by atoms with van der Waals surface area (Å²) in [5.74, 6) is -0.112. The van der Waals surface area contributed by atoms with E-state index in [0.29, 0.717) is 49.5 Å². The van der Waals surface area contributed by atoms with E-state index in [1.54, 1.807) is 17.3 Å². The maximum Gasteiger partial charge on any atom is 0.317 e. The summed E-state index contributed by atoms with van der Waals surface area (Å²) in [5, 5.41) is 16.2. The number of fused-ring (bicyclic) bond motifs is 1. The van der Waals surface area contributed by atoms with Crippen molar-refractivity contribution >= 4 is 28.3 Å². The number of aromatic nitrogens is 1. The number of carbonyl (C=O) groups is 2. The number of pyridine rings is 1. The van der Waals surface area contributed by atoms with Crippen LogP contribution >= 0.6 is 11.3 Å². The molecule has 1 aliphatic heterocycles. The molecule has 2 N–H and O–H groups in total. The highest BCUT2D eigenvalue weighted by Gasteiger charge is 2.27. The average Bonchev–Trinajstić information content (AvgIpc) is 3.20. The van der Waals surface area contributed by atoms with Crippen molar-refractivity contribution in [3.8, 4) is 6.07 Å². The molecule has 0 saturated carbocycles. The minimum atomic E-state index is -0.120. The second kappa shape index (κ2) is 10.7. The fourth-order valence-corrected chi connectivity index (χ4v) is 5.08. The molecule has 0 fully saturated rings. The number of benzene rings is 1. The molecule has 2 aromatic heterocycles. The van der Waals surface area contributed by atoms with E-state index in [0.717, 1.165) is 28.0 Å². The zero-order valence-corrected chi connectivity index (χ0v) is 19.0. The first-order valence-electron chi connectivity index (χ1n) is 10.9. The van der Waals surface area contributed by atoms with Crippen LogP contribution in [0.4, 0.5) is 9.80 Å². The highest BCUT2D eigenvalue weighted by Crippen LogP contribution is 2.36. The van der Waals surface area contributed by atoms with Crippen molar-refractivity contribution in [3.63, 3.8) is 0 Å². The summed E-state index contributed by atoms with van der Waals surface area (Å²) in [6.45, 7) is 1.51. The average molecular weight is 460 g/mol. The Morgan fingerprint density at radius 1 is 1.12 bits per heavy atom. The smallest absolute Gasteiger partial charge is 0.317 e. The number of nitrogens with zero attached hydrogens (tertiary/aromatic N) is 3. The number of carbonyl (C=O) groups excluding carboxylic acids is 2. The Morgan fingerprint density at radius 2 is 1.94 bits per heavy atom. The van der Waals surface area contributed by atoms with E-state index in [4.69, 9.17) is 0 Å². The fourth-order valence-electron chi connectivity index (χ4n) is 3.85. The second-order valence-corrected chi connectivity index (χ2v) is 8.97. The first-order chi connectivity index (χ1) is 16.1. The normalized spacial score (nSPS) is 12.5. The molecular weight excluding hydrogens is 434 g/mol. The van der Waals surface area contributed by atoms with Crippen molar-refractivity contribution in [2.75, 3.05) is 18.4 Å². The Morgan fingerprint density at radius 3 is 2.70 bits per heavy atom. The largest absolute Gasteiger partial charge is 0.338 e. The molecule has 0 radical (unpaired) electrons. The van der Waals surface area contributed by atoms with Crippen LogP contribution in [0.3, 0.4) is 0 Å². The van der Waals surface area contributed by atoms with Crippen LogP contribution in [0, 0.1) is 11.3 Å². The third kappa shape index (κ3) is 5.76. The Balaban J connectivity index is 1.33. The van der Waals surface area contributed by atoms with Crippen LogP contribution in [0.1, 0.15) is 33.6 Å². The first kappa shape index (κ1) is 22.5. The molecule has 168 valence electrons. The molecule has 4 rings (SSSR count). The summed E-state index contributed by atoms with van der Waals surface area (Å²) in [6.07, 6.45) is 5.84. The van der Waals surface area contributed by atoms with Gasteiger partial charge in [0.15, 0.2) is 0 Å². The lowest BCUT2D eigenvalue weighted by Crippen LogP contribution is -2.43. The Kier molecular flexibility index (Phi) is 7.33. The number of nitrogens with one attached hydrogen (secondary N) is 2. The van der Waals surface area contributed by atoms with Crippen molar-refractivity contribution in [2.24, 2.45) is 0 Å².